The first-order valence-electron chi connectivity index (χ1n) is 6.45. The number of thiol groups is 1. The van der Waals surface area contributed by atoms with Crippen LogP contribution in [0.2, 0.25) is 0 Å². The number of para-hydroxylation sites is 1. The molecule has 3 heteroatoms. The minimum absolute atomic E-state index is 0.0970. The normalized spacial score (nSPS) is 12.8. The van der Waals surface area contributed by atoms with Crippen molar-refractivity contribution in [1.29, 1.82) is 0 Å². The van der Waals surface area contributed by atoms with Gasteiger partial charge in [-0.05, 0) is 30.2 Å². The summed E-state index contributed by atoms with van der Waals surface area (Å²) >= 11 is 4.42. The van der Waals surface area contributed by atoms with E-state index >= 15 is 0 Å². The third-order valence-corrected chi connectivity index (χ3v) is 3.81. The second-order valence-electron chi connectivity index (χ2n) is 4.69. The molecule has 0 bridgehead atoms. The minimum Gasteiger partial charge on any atom is -0.347 e. The highest BCUT2D eigenvalue weighted by molar-refractivity contribution is 7.80. The van der Waals surface area contributed by atoms with Gasteiger partial charge in [0.05, 0.1) is 5.52 Å². The highest BCUT2D eigenvalue weighted by atomic mass is 32.1. The summed E-state index contributed by atoms with van der Waals surface area (Å²) < 4.78 is 2.17. The zero-order valence-electron chi connectivity index (χ0n) is 10.7. The third kappa shape index (κ3) is 2.78. The topological polar surface area (TPSA) is 22.0 Å². The van der Waals surface area contributed by atoms with E-state index in [0.29, 0.717) is 5.92 Å². The number of fused-ring (bicyclic) bond motifs is 1. The zero-order valence-corrected chi connectivity index (χ0v) is 11.6. The lowest BCUT2D eigenvalue weighted by Gasteiger charge is -2.17. The molecule has 96 valence electrons. The van der Waals surface area contributed by atoms with Crippen LogP contribution < -0.4 is 5.43 Å². The van der Waals surface area contributed by atoms with E-state index in [1.807, 2.05) is 30.5 Å². The fourth-order valence-electron chi connectivity index (χ4n) is 2.35. The van der Waals surface area contributed by atoms with Crippen molar-refractivity contribution >= 4 is 23.5 Å². The van der Waals surface area contributed by atoms with Gasteiger partial charge in [-0.2, -0.15) is 12.6 Å². The Bertz CT molecular complexity index is 576. The highest BCUT2D eigenvalue weighted by Gasteiger charge is 2.08. The van der Waals surface area contributed by atoms with Crippen molar-refractivity contribution in [3.8, 4) is 0 Å². The van der Waals surface area contributed by atoms with Gasteiger partial charge in [-0.15, -0.1) is 0 Å². The molecule has 1 aromatic heterocycles. The van der Waals surface area contributed by atoms with Crippen molar-refractivity contribution in [2.45, 2.75) is 26.3 Å². The van der Waals surface area contributed by atoms with Gasteiger partial charge >= 0.3 is 0 Å². The van der Waals surface area contributed by atoms with Crippen LogP contribution in [0.25, 0.3) is 10.9 Å². The zero-order chi connectivity index (χ0) is 13.0. The lowest BCUT2D eigenvalue weighted by atomic mass is 10.1. The van der Waals surface area contributed by atoms with E-state index in [4.69, 9.17) is 0 Å². The Hall–Kier alpha value is -1.22. The average Bonchev–Trinajstić information content (AvgIpc) is 2.41. The van der Waals surface area contributed by atoms with Gasteiger partial charge in [-0.3, -0.25) is 4.79 Å². The van der Waals surface area contributed by atoms with Gasteiger partial charge in [0.2, 0.25) is 0 Å². The number of benzene rings is 1. The van der Waals surface area contributed by atoms with Crippen molar-refractivity contribution in [2.75, 3.05) is 5.75 Å². The molecule has 1 atom stereocenters. The van der Waals surface area contributed by atoms with Crippen LogP contribution in [0.5, 0.6) is 0 Å². The summed E-state index contributed by atoms with van der Waals surface area (Å²) in [5, 5.41) is 0.800. The Balaban J connectivity index is 2.39. The van der Waals surface area contributed by atoms with E-state index in [1.54, 1.807) is 6.07 Å². The van der Waals surface area contributed by atoms with Crippen LogP contribution in [0.3, 0.4) is 0 Å². The Morgan fingerprint density at radius 1 is 1.28 bits per heavy atom. The molecular weight excluding hydrogens is 242 g/mol. The number of pyridine rings is 1. The molecular formula is C15H19NOS. The first-order valence-corrected chi connectivity index (χ1v) is 7.08. The number of hydrogen-bond donors (Lipinski definition) is 1. The first-order chi connectivity index (χ1) is 8.76. The van der Waals surface area contributed by atoms with Gasteiger partial charge in [0.25, 0.3) is 0 Å². The maximum Gasteiger partial charge on any atom is 0.189 e. The van der Waals surface area contributed by atoms with Crippen molar-refractivity contribution in [1.82, 2.24) is 4.57 Å². The molecule has 2 rings (SSSR count). The number of aromatic nitrogens is 1. The predicted octanol–water partition coefficient (Wildman–Crippen LogP) is 3.35. The van der Waals surface area contributed by atoms with Gasteiger partial charge in [0.1, 0.15) is 0 Å². The highest BCUT2D eigenvalue weighted by Crippen LogP contribution is 2.15. The molecule has 0 fully saturated rings. The summed E-state index contributed by atoms with van der Waals surface area (Å²) in [6, 6.07) is 9.45. The van der Waals surface area contributed by atoms with Crippen molar-refractivity contribution in [3.05, 3.63) is 46.8 Å². The smallest absolute Gasteiger partial charge is 0.189 e. The molecule has 1 unspecified atom stereocenters. The van der Waals surface area contributed by atoms with Gasteiger partial charge in [0.15, 0.2) is 5.43 Å². The average molecular weight is 261 g/mol. The minimum atomic E-state index is 0.0970. The van der Waals surface area contributed by atoms with Crippen molar-refractivity contribution < 1.29 is 0 Å². The van der Waals surface area contributed by atoms with Crippen molar-refractivity contribution in [2.24, 2.45) is 5.92 Å². The fourth-order valence-corrected chi connectivity index (χ4v) is 2.64. The quantitative estimate of drug-likeness (QED) is 0.819. The number of nitrogens with zero attached hydrogens (tertiary/aromatic N) is 1. The molecule has 1 aromatic carbocycles. The van der Waals surface area contributed by atoms with Gasteiger partial charge in [-0.25, -0.2) is 0 Å². The molecule has 0 N–H and O–H groups in total. The second-order valence-corrected chi connectivity index (χ2v) is 5.05. The van der Waals surface area contributed by atoms with Gasteiger partial charge < -0.3 is 4.57 Å². The molecule has 0 amide bonds. The van der Waals surface area contributed by atoms with Crippen LogP contribution >= 0.6 is 12.6 Å². The molecule has 18 heavy (non-hydrogen) atoms. The van der Waals surface area contributed by atoms with Gasteiger partial charge in [0, 0.05) is 24.2 Å². The summed E-state index contributed by atoms with van der Waals surface area (Å²) in [4.78, 5) is 11.8. The molecule has 0 aliphatic rings. The summed E-state index contributed by atoms with van der Waals surface area (Å²) in [7, 11) is 0. The van der Waals surface area contributed by atoms with Gasteiger partial charge in [-0.1, -0.05) is 25.5 Å². The van der Waals surface area contributed by atoms with E-state index < -0.39 is 0 Å². The van der Waals surface area contributed by atoms with E-state index in [-0.39, 0.29) is 5.43 Å². The molecule has 0 spiro atoms. The SMILES string of the molecule is CCCC(CS)Cn1ccc(=O)c2ccccc21. The Morgan fingerprint density at radius 2 is 2.06 bits per heavy atom. The van der Waals surface area contributed by atoms with Crippen LogP contribution in [0.15, 0.2) is 41.3 Å². The molecule has 2 nitrogen and oxygen atoms in total. The van der Waals surface area contributed by atoms with Crippen LogP contribution in [0.1, 0.15) is 19.8 Å². The summed E-state index contributed by atoms with van der Waals surface area (Å²) in [6.07, 6.45) is 4.24. The molecule has 2 aromatic rings. The lowest BCUT2D eigenvalue weighted by Crippen LogP contribution is -2.15. The third-order valence-electron chi connectivity index (χ3n) is 3.29. The van der Waals surface area contributed by atoms with E-state index in [9.17, 15) is 4.79 Å². The molecule has 1 heterocycles. The van der Waals surface area contributed by atoms with Crippen LogP contribution in [-0.2, 0) is 6.54 Å². The molecule has 0 aliphatic carbocycles. The fraction of sp³-hybridized carbons (Fsp3) is 0.400. The Labute approximate surface area is 113 Å². The van der Waals surface area contributed by atoms with E-state index in [2.05, 4.69) is 24.1 Å². The standard InChI is InChI=1S/C15H19NOS/c1-2-5-12(11-18)10-16-9-8-15(17)13-6-3-4-7-14(13)16/h3-4,6-9,12,18H,2,5,10-11H2,1H3. The van der Waals surface area contributed by atoms with Crippen LogP contribution in [0, 0.1) is 5.92 Å². The van der Waals surface area contributed by atoms with E-state index in [1.165, 1.54) is 12.8 Å². The maximum absolute atomic E-state index is 11.8. The molecule has 0 saturated heterocycles. The largest absolute Gasteiger partial charge is 0.347 e. The monoisotopic (exact) mass is 261 g/mol. The number of rotatable bonds is 5. The Morgan fingerprint density at radius 3 is 2.78 bits per heavy atom. The van der Waals surface area contributed by atoms with E-state index in [0.717, 1.165) is 23.2 Å². The summed E-state index contributed by atoms with van der Waals surface area (Å²) in [6.45, 7) is 3.12. The number of hydrogen-bond acceptors (Lipinski definition) is 2. The summed E-state index contributed by atoms with van der Waals surface area (Å²) in [5.41, 5.74) is 1.12. The second kappa shape index (κ2) is 6.10. The predicted molar refractivity (Wildman–Crippen MR) is 80.5 cm³/mol. The molecule has 0 radical (unpaired) electrons. The van der Waals surface area contributed by atoms with Crippen molar-refractivity contribution in [3.63, 3.8) is 0 Å². The lowest BCUT2D eigenvalue weighted by molar-refractivity contribution is 0.460. The van der Waals surface area contributed by atoms with Crippen LogP contribution in [0.4, 0.5) is 0 Å². The first kappa shape index (κ1) is 13.2. The molecule has 0 saturated carbocycles. The van der Waals surface area contributed by atoms with Crippen LogP contribution in [-0.4, -0.2) is 10.3 Å². The summed E-state index contributed by atoms with van der Waals surface area (Å²) in [5.74, 6) is 1.44. The maximum atomic E-state index is 11.8. The molecule has 0 aliphatic heterocycles. The Kier molecular flexibility index (Phi) is 4.48.